The van der Waals surface area contributed by atoms with Crippen LogP contribution in [0, 0.1) is 5.82 Å². The zero-order valence-electron chi connectivity index (χ0n) is 19.9. The monoisotopic (exact) mass is 493 g/mol. The fourth-order valence-electron chi connectivity index (χ4n) is 4.21. The van der Waals surface area contributed by atoms with Gasteiger partial charge in [-0.1, -0.05) is 78.0 Å². The summed E-state index contributed by atoms with van der Waals surface area (Å²) in [5, 5.41) is 11.2. The lowest BCUT2D eigenvalue weighted by atomic mass is 10.0. The summed E-state index contributed by atoms with van der Waals surface area (Å²) < 4.78 is 14.9. The maximum atomic E-state index is 13.9. The SMILES string of the molecule is O=C(NCc1ccc(F)cc1)C(c1ccccc1)N(C(=O)Cn1nnc2ccccc21)c1ccccc1. The van der Waals surface area contributed by atoms with Crippen molar-refractivity contribution in [1.82, 2.24) is 20.3 Å². The van der Waals surface area contributed by atoms with E-state index in [2.05, 4.69) is 15.6 Å². The molecule has 0 saturated heterocycles. The standard InChI is InChI=1S/C29H24FN5O2/c30-23-17-15-21(16-18-23)19-31-29(37)28(22-9-3-1-4-10-22)35(24-11-5-2-6-12-24)27(36)20-34-26-14-8-7-13-25(26)32-33-34/h1-18,28H,19-20H2,(H,31,37). The molecule has 0 aliphatic rings. The Morgan fingerprint density at radius 1 is 0.838 bits per heavy atom. The second kappa shape index (κ2) is 10.8. The molecule has 5 rings (SSSR count). The lowest BCUT2D eigenvalue weighted by Crippen LogP contribution is -2.45. The molecular formula is C29H24FN5O2. The van der Waals surface area contributed by atoms with Crippen molar-refractivity contribution in [2.24, 2.45) is 0 Å². The molecule has 1 heterocycles. The van der Waals surface area contributed by atoms with Gasteiger partial charge < -0.3 is 5.32 Å². The van der Waals surface area contributed by atoms with E-state index in [1.807, 2.05) is 72.8 Å². The summed E-state index contributed by atoms with van der Waals surface area (Å²) in [5.41, 5.74) is 3.37. The molecule has 4 aromatic carbocycles. The molecule has 0 aliphatic heterocycles. The van der Waals surface area contributed by atoms with E-state index in [-0.39, 0.29) is 30.7 Å². The average Bonchev–Trinajstić information content (AvgIpc) is 3.34. The quantitative estimate of drug-likeness (QED) is 0.341. The first-order chi connectivity index (χ1) is 18.1. The average molecular weight is 494 g/mol. The van der Waals surface area contributed by atoms with Crippen molar-refractivity contribution in [2.45, 2.75) is 19.1 Å². The predicted octanol–water partition coefficient (Wildman–Crippen LogP) is 4.66. The minimum absolute atomic E-state index is 0.107. The van der Waals surface area contributed by atoms with E-state index >= 15 is 0 Å². The Morgan fingerprint density at radius 3 is 2.22 bits per heavy atom. The van der Waals surface area contributed by atoms with Gasteiger partial charge in [0.1, 0.15) is 23.9 Å². The van der Waals surface area contributed by atoms with Crippen molar-refractivity contribution >= 4 is 28.5 Å². The van der Waals surface area contributed by atoms with Gasteiger partial charge in [0.15, 0.2) is 0 Å². The van der Waals surface area contributed by atoms with Gasteiger partial charge in [-0.25, -0.2) is 9.07 Å². The van der Waals surface area contributed by atoms with Crippen LogP contribution >= 0.6 is 0 Å². The number of para-hydroxylation sites is 2. The van der Waals surface area contributed by atoms with Gasteiger partial charge in [0.25, 0.3) is 0 Å². The third-order valence-electron chi connectivity index (χ3n) is 6.01. The highest BCUT2D eigenvalue weighted by molar-refractivity contribution is 6.01. The molecule has 0 aliphatic carbocycles. The lowest BCUT2D eigenvalue weighted by molar-refractivity contribution is -0.127. The number of nitrogens with one attached hydrogen (secondary N) is 1. The second-order valence-corrected chi connectivity index (χ2v) is 8.49. The van der Waals surface area contributed by atoms with Crippen LogP contribution in [0.3, 0.4) is 0 Å². The number of anilines is 1. The minimum Gasteiger partial charge on any atom is -0.350 e. The summed E-state index contributed by atoms with van der Waals surface area (Å²) in [6, 6.07) is 30.6. The molecule has 2 amide bonds. The number of benzene rings is 4. The smallest absolute Gasteiger partial charge is 0.249 e. The van der Waals surface area contributed by atoms with Crippen LogP contribution < -0.4 is 10.2 Å². The van der Waals surface area contributed by atoms with Crippen LogP contribution in [0.2, 0.25) is 0 Å². The maximum absolute atomic E-state index is 13.9. The van der Waals surface area contributed by atoms with Crippen molar-refractivity contribution in [3.63, 3.8) is 0 Å². The van der Waals surface area contributed by atoms with Crippen LogP contribution in [0.25, 0.3) is 11.0 Å². The molecule has 0 fully saturated rings. The highest BCUT2D eigenvalue weighted by Gasteiger charge is 2.33. The molecular weight excluding hydrogens is 469 g/mol. The van der Waals surface area contributed by atoms with Crippen molar-refractivity contribution in [1.29, 1.82) is 0 Å². The topological polar surface area (TPSA) is 80.1 Å². The third-order valence-corrected chi connectivity index (χ3v) is 6.01. The van der Waals surface area contributed by atoms with Gasteiger partial charge in [0.2, 0.25) is 11.8 Å². The lowest BCUT2D eigenvalue weighted by Gasteiger charge is -2.31. The van der Waals surface area contributed by atoms with Gasteiger partial charge in [0.05, 0.1) is 5.52 Å². The first kappa shape index (κ1) is 23.9. The third kappa shape index (κ3) is 5.38. The fraction of sp³-hybridized carbons (Fsp3) is 0.103. The van der Waals surface area contributed by atoms with Crippen LogP contribution in [0.15, 0.2) is 109 Å². The number of amides is 2. The molecule has 5 aromatic rings. The van der Waals surface area contributed by atoms with E-state index < -0.39 is 6.04 Å². The van der Waals surface area contributed by atoms with Gasteiger partial charge in [0, 0.05) is 12.2 Å². The zero-order chi connectivity index (χ0) is 25.6. The number of halogens is 1. The molecule has 184 valence electrons. The van der Waals surface area contributed by atoms with Gasteiger partial charge in [-0.15, -0.1) is 5.10 Å². The molecule has 0 bridgehead atoms. The van der Waals surface area contributed by atoms with Gasteiger partial charge in [-0.3, -0.25) is 14.5 Å². The van der Waals surface area contributed by atoms with Crippen molar-refractivity contribution in [2.75, 3.05) is 4.90 Å². The highest BCUT2D eigenvalue weighted by Crippen LogP contribution is 2.28. The molecule has 7 nitrogen and oxygen atoms in total. The van der Waals surface area contributed by atoms with E-state index in [4.69, 9.17) is 0 Å². The number of carbonyl (C=O) groups excluding carboxylic acids is 2. The van der Waals surface area contributed by atoms with E-state index in [0.29, 0.717) is 16.8 Å². The number of hydrogen-bond donors (Lipinski definition) is 1. The molecule has 1 unspecified atom stereocenters. The van der Waals surface area contributed by atoms with Crippen LogP contribution in [-0.2, 0) is 22.7 Å². The number of aromatic nitrogens is 3. The summed E-state index contributed by atoms with van der Waals surface area (Å²) in [7, 11) is 0. The summed E-state index contributed by atoms with van der Waals surface area (Å²) in [4.78, 5) is 29.1. The van der Waals surface area contributed by atoms with Gasteiger partial charge >= 0.3 is 0 Å². The number of nitrogens with zero attached hydrogens (tertiary/aromatic N) is 4. The molecule has 0 spiro atoms. The van der Waals surface area contributed by atoms with Crippen molar-refractivity contribution in [3.8, 4) is 0 Å². The number of rotatable bonds is 8. The van der Waals surface area contributed by atoms with E-state index in [0.717, 1.165) is 11.1 Å². The Labute approximate surface area is 213 Å². The normalized spacial score (nSPS) is 11.7. The largest absolute Gasteiger partial charge is 0.350 e. The highest BCUT2D eigenvalue weighted by atomic mass is 19.1. The molecule has 1 N–H and O–H groups in total. The first-order valence-electron chi connectivity index (χ1n) is 11.8. The minimum atomic E-state index is -0.952. The summed E-state index contributed by atoms with van der Waals surface area (Å²) in [5.74, 6) is -1.04. The molecule has 8 heteroatoms. The zero-order valence-corrected chi connectivity index (χ0v) is 19.9. The molecule has 0 saturated carbocycles. The van der Waals surface area contributed by atoms with Crippen molar-refractivity contribution < 1.29 is 14.0 Å². The summed E-state index contributed by atoms with van der Waals surface area (Å²) in [6.45, 7) is 0.0803. The predicted molar refractivity (Wildman–Crippen MR) is 139 cm³/mol. The van der Waals surface area contributed by atoms with E-state index in [1.165, 1.54) is 21.7 Å². The molecule has 37 heavy (non-hydrogen) atoms. The fourth-order valence-corrected chi connectivity index (χ4v) is 4.21. The van der Waals surface area contributed by atoms with Crippen LogP contribution in [0.1, 0.15) is 17.2 Å². The van der Waals surface area contributed by atoms with Gasteiger partial charge in [-0.05, 0) is 47.5 Å². The summed E-state index contributed by atoms with van der Waals surface area (Å²) >= 11 is 0. The Balaban J connectivity index is 1.50. The van der Waals surface area contributed by atoms with Crippen LogP contribution in [-0.4, -0.2) is 26.8 Å². The number of carbonyl (C=O) groups is 2. The van der Waals surface area contributed by atoms with Gasteiger partial charge in [-0.2, -0.15) is 0 Å². The Kier molecular flexibility index (Phi) is 6.98. The number of fused-ring (bicyclic) bond motifs is 1. The maximum Gasteiger partial charge on any atom is 0.249 e. The molecule has 1 aromatic heterocycles. The van der Waals surface area contributed by atoms with Crippen molar-refractivity contribution in [3.05, 3.63) is 126 Å². The van der Waals surface area contributed by atoms with E-state index in [9.17, 15) is 14.0 Å². The first-order valence-corrected chi connectivity index (χ1v) is 11.8. The summed E-state index contributed by atoms with van der Waals surface area (Å²) in [6.07, 6.45) is 0. The Bertz CT molecular complexity index is 1500. The second-order valence-electron chi connectivity index (χ2n) is 8.49. The number of hydrogen-bond acceptors (Lipinski definition) is 4. The van der Waals surface area contributed by atoms with E-state index in [1.54, 1.807) is 24.3 Å². The van der Waals surface area contributed by atoms with Crippen LogP contribution in [0.5, 0.6) is 0 Å². The Hall–Kier alpha value is -4.85. The van der Waals surface area contributed by atoms with Crippen LogP contribution in [0.4, 0.5) is 10.1 Å². The Morgan fingerprint density at radius 2 is 1.49 bits per heavy atom. The molecule has 1 atom stereocenters. The molecule has 0 radical (unpaired) electrons.